The van der Waals surface area contributed by atoms with E-state index in [1.807, 2.05) is 6.07 Å². The number of benzene rings is 3. The van der Waals surface area contributed by atoms with Crippen molar-refractivity contribution in [3.05, 3.63) is 94.5 Å². The van der Waals surface area contributed by atoms with Crippen molar-refractivity contribution >= 4 is 33.2 Å². The molecule has 0 bridgehead atoms. The van der Waals surface area contributed by atoms with Gasteiger partial charge in [-0.2, -0.15) is 0 Å². The van der Waals surface area contributed by atoms with E-state index in [0.717, 1.165) is 17.7 Å². The fourth-order valence-corrected chi connectivity index (χ4v) is 4.69. The van der Waals surface area contributed by atoms with Gasteiger partial charge in [-0.25, -0.2) is 13.1 Å². The van der Waals surface area contributed by atoms with Crippen LogP contribution in [0.25, 0.3) is 0 Å². The molecule has 1 atom stereocenters. The number of carbonyl (C=O) groups excluding carboxylic acids is 2. The van der Waals surface area contributed by atoms with Crippen molar-refractivity contribution in [2.45, 2.75) is 17.4 Å². The summed E-state index contributed by atoms with van der Waals surface area (Å²) in [6, 6.07) is 19.6. The van der Waals surface area contributed by atoms with Crippen molar-refractivity contribution in [3.63, 3.8) is 0 Å². The Bertz CT molecular complexity index is 1360. The fourth-order valence-electron chi connectivity index (χ4n) is 3.54. The highest BCUT2D eigenvalue weighted by Crippen LogP contribution is 2.22. The molecule has 194 valence electrons. The number of likely N-dealkylation sites (N-methyl/N-ethyl adjacent to an activating group) is 1. The van der Waals surface area contributed by atoms with E-state index in [4.69, 9.17) is 4.74 Å². The Balaban J connectivity index is 1.76. The molecule has 3 rings (SSSR count). The van der Waals surface area contributed by atoms with Gasteiger partial charge >= 0.3 is 0 Å². The average molecular weight is 527 g/mol. The smallest absolute Gasteiger partial charge is 0.289 e. The van der Waals surface area contributed by atoms with E-state index in [1.54, 1.807) is 55.6 Å². The standard InChI is InChI=1S/C25H26N4O7S/c1-28(19-12-14-20(36-2)15-13-19)25(31)21(16-18-8-4-3-5-9-18)27-24(30)17-26-37(34,35)23-11-7-6-10-22(23)29(32)33/h3-15,21,26H,16-17H2,1-2H3,(H,27,30)/t21-/m0/s1. The van der Waals surface area contributed by atoms with Crippen molar-refractivity contribution < 1.29 is 27.7 Å². The van der Waals surface area contributed by atoms with Crippen molar-refractivity contribution in [3.8, 4) is 5.75 Å². The lowest BCUT2D eigenvalue weighted by molar-refractivity contribution is -0.387. The molecular weight excluding hydrogens is 500 g/mol. The van der Waals surface area contributed by atoms with Crippen molar-refractivity contribution in [1.29, 1.82) is 0 Å². The van der Waals surface area contributed by atoms with Crippen molar-refractivity contribution in [2.24, 2.45) is 0 Å². The number of anilines is 1. The van der Waals surface area contributed by atoms with Gasteiger partial charge in [0.05, 0.1) is 18.6 Å². The highest BCUT2D eigenvalue weighted by atomic mass is 32.2. The molecular formula is C25H26N4O7S. The molecule has 3 aromatic rings. The molecule has 0 aromatic heterocycles. The van der Waals surface area contributed by atoms with Crippen LogP contribution in [0.2, 0.25) is 0 Å². The second-order valence-electron chi connectivity index (χ2n) is 7.95. The van der Waals surface area contributed by atoms with Gasteiger partial charge < -0.3 is 15.0 Å². The van der Waals surface area contributed by atoms with Gasteiger partial charge in [0.15, 0.2) is 4.90 Å². The number of ether oxygens (including phenoxy) is 1. The van der Waals surface area contributed by atoms with Crippen LogP contribution in [-0.4, -0.2) is 51.9 Å². The molecule has 0 aliphatic heterocycles. The highest BCUT2D eigenvalue weighted by Gasteiger charge is 2.28. The normalized spacial score (nSPS) is 11.8. The summed E-state index contributed by atoms with van der Waals surface area (Å²) in [4.78, 5) is 37.3. The van der Waals surface area contributed by atoms with Crippen LogP contribution in [0.3, 0.4) is 0 Å². The lowest BCUT2D eigenvalue weighted by Crippen LogP contribution is -2.51. The highest BCUT2D eigenvalue weighted by molar-refractivity contribution is 7.89. The van der Waals surface area contributed by atoms with Crippen LogP contribution in [0.1, 0.15) is 5.56 Å². The van der Waals surface area contributed by atoms with Gasteiger partial charge in [0.2, 0.25) is 21.8 Å². The zero-order valence-electron chi connectivity index (χ0n) is 20.2. The summed E-state index contributed by atoms with van der Waals surface area (Å²) in [5.74, 6) is -0.590. The van der Waals surface area contributed by atoms with E-state index in [9.17, 15) is 28.1 Å². The third-order valence-electron chi connectivity index (χ3n) is 5.48. The molecule has 0 unspecified atom stereocenters. The Kier molecular flexibility index (Phi) is 8.93. The van der Waals surface area contributed by atoms with Gasteiger partial charge in [-0.1, -0.05) is 42.5 Å². The number of carbonyl (C=O) groups is 2. The maximum Gasteiger partial charge on any atom is 0.289 e. The second-order valence-corrected chi connectivity index (χ2v) is 9.69. The minimum Gasteiger partial charge on any atom is -0.497 e. The number of hydrogen-bond donors (Lipinski definition) is 2. The zero-order chi connectivity index (χ0) is 27.0. The fraction of sp³-hybridized carbons (Fsp3) is 0.200. The number of methoxy groups -OCH3 is 1. The Labute approximate surface area is 214 Å². The molecule has 12 heteroatoms. The van der Waals surface area contributed by atoms with Crippen molar-refractivity contribution in [2.75, 3.05) is 25.6 Å². The Morgan fingerprint density at radius 2 is 1.62 bits per heavy atom. The first-order chi connectivity index (χ1) is 17.6. The van der Waals surface area contributed by atoms with E-state index in [-0.39, 0.29) is 6.42 Å². The van der Waals surface area contributed by atoms with Crippen LogP contribution >= 0.6 is 0 Å². The average Bonchev–Trinajstić information content (AvgIpc) is 2.91. The van der Waals surface area contributed by atoms with Gasteiger partial charge in [-0.05, 0) is 35.9 Å². The molecule has 0 fully saturated rings. The Morgan fingerprint density at radius 1 is 1.00 bits per heavy atom. The lowest BCUT2D eigenvalue weighted by Gasteiger charge is -2.25. The predicted octanol–water partition coefficient (Wildman–Crippen LogP) is 2.27. The van der Waals surface area contributed by atoms with E-state index >= 15 is 0 Å². The third-order valence-corrected chi connectivity index (χ3v) is 6.93. The minimum absolute atomic E-state index is 0.156. The van der Waals surface area contributed by atoms with Crippen LogP contribution < -0.4 is 19.7 Å². The molecule has 11 nitrogen and oxygen atoms in total. The lowest BCUT2D eigenvalue weighted by atomic mass is 10.0. The predicted molar refractivity (Wildman–Crippen MR) is 137 cm³/mol. The van der Waals surface area contributed by atoms with Gasteiger partial charge in [0.1, 0.15) is 11.8 Å². The molecule has 2 amide bonds. The quantitative estimate of drug-likeness (QED) is 0.288. The number of rotatable bonds is 11. The molecule has 0 aliphatic carbocycles. The van der Waals surface area contributed by atoms with Gasteiger partial charge in [-0.15, -0.1) is 0 Å². The van der Waals surface area contributed by atoms with Crippen LogP contribution in [0.15, 0.2) is 83.8 Å². The monoisotopic (exact) mass is 526 g/mol. The Hall–Kier alpha value is -4.29. The molecule has 0 aliphatic rings. The number of nitro benzene ring substituents is 1. The molecule has 37 heavy (non-hydrogen) atoms. The van der Waals surface area contributed by atoms with E-state index in [2.05, 4.69) is 10.0 Å². The maximum atomic E-state index is 13.3. The number of nitrogens with one attached hydrogen (secondary N) is 2. The third kappa shape index (κ3) is 7.12. The number of nitrogens with zero attached hydrogens (tertiary/aromatic N) is 2. The molecule has 0 radical (unpaired) electrons. The first-order valence-corrected chi connectivity index (χ1v) is 12.6. The molecule has 3 aromatic carbocycles. The number of sulfonamides is 1. The zero-order valence-corrected chi connectivity index (χ0v) is 21.0. The maximum absolute atomic E-state index is 13.3. The summed E-state index contributed by atoms with van der Waals surface area (Å²) in [6.07, 6.45) is 0.156. The number of para-hydroxylation sites is 1. The van der Waals surface area contributed by atoms with E-state index in [0.29, 0.717) is 11.4 Å². The molecule has 0 heterocycles. The van der Waals surface area contributed by atoms with Crippen LogP contribution in [-0.2, 0) is 26.0 Å². The van der Waals surface area contributed by atoms with E-state index in [1.165, 1.54) is 24.1 Å². The summed E-state index contributed by atoms with van der Waals surface area (Å²) < 4.78 is 32.5. The summed E-state index contributed by atoms with van der Waals surface area (Å²) in [5.41, 5.74) is 0.730. The molecule has 0 saturated carbocycles. The second kappa shape index (κ2) is 12.1. The van der Waals surface area contributed by atoms with Gasteiger partial charge in [-0.3, -0.25) is 19.7 Å². The van der Waals surface area contributed by atoms with Crippen LogP contribution in [0, 0.1) is 10.1 Å². The van der Waals surface area contributed by atoms with Crippen molar-refractivity contribution in [1.82, 2.24) is 10.0 Å². The number of nitro groups is 1. The summed E-state index contributed by atoms with van der Waals surface area (Å²) in [7, 11) is -1.28. The molecule has 0 spiro atoms. The topological polar surface area (TPSA) is 148 Å². The molecule has 0 saturated heterocycles. The summed E-state index contributed by atoms with van der Waals surface area (Å²) in [6.45, 7) is -0.723. The summed E-state index contributed by atoms with van der Waals surface area (Å²) in [5, 5.41) is 13.8. The SMILES string of the molecule is COc1ccc(N(C)C(=O)[C@H](Cc2ccccc2)NC(=O)CNS(=O)(=O)c2ccccc2[N+](=O)[O-])cc1. The first kappa shape index (κ1) is 27.3. The van der Waals surface area contributed by atoms with Gasteiger partial charge in [0.25, 0.3) is 5.69 Å². The number of hydrogen-bond acceptors (Lipinski definition) is 7. The Morgan fingerprint density at radius 3 is 2.24 bits per heavy atom. The number of amides is 2. The largest absolute Gasteiger partial charge is 0.497 e. The van der Waals surface area contributed by atoms with Crippen LogP contribution in [0.5, 0.6) is 5.75 Å². The van der Waals surface area contributed by atoms with Gasteiger partial charge in [0, 0.05) is 25.2 Å². The minimum atomic E-state index is -4.37. The first-order valence-electron chi connectivity index (χ1n) is 11.1. The summed E-state index contributed by atoms with van der Waals surface area (Å²) >= 11 is 0. The van der Waals surface area contributed by atoms with E-state index < -0.39 is 49.9 Å². The van der Waals surface area contributed by atoms with Crippen LogP contribution in [0.4, 0.5) is 11.4 Å². The molecule has 2 N–H and O–H groups in total.